The molecule has 56 heavy (non-hydrogen) atoms. The molecule has 7 aromatic carbocycles. The van der Waals surface area contributed by atoms with Crippen molar-refractivity contribution in [2.75, 3.05) is 9.80 Å². The molecule has 0 saturated heterocycles. The van der Waals surface area contributed by atoms with E-state index in [2.05, 4.69) is 190 Å². The molecule has 0 N–H and O–H groups in total. The topological polar surface area (TPSA) is 45.4 Å². The molecule has 0 bridgehead atoms. The first-order chi connectivity index (χ1) is 27.7. The van der Waals surface area contributed by atoms with Crippen molar-refractivity contribution in [2.24, 2.45) is 0 Å². The molecular weight excluding hydrogens is 705 g/mol. The van der Waals surface area contributed by atoms with Crippen LogP contribution < -0.4 is 9.80 Å². The number of nitrogens with zero attached hydrogens (tertiary/aromatic N) is 4. The summed E-state index contributed by atoms with van der Waals surface area (Å²) in [6.45, 7) is 0. The number of aromatic nitrogens is 2. The standard InChI is InChI=1S/C50H34N4OS/c1-3-11-40(12-4-1)53(44-29-21-37(22-30-44)48-34-39-10-7-8-16-47(39)56-48)42-25-17-35(18-26-42)36-19-27-43(28-20-36)54(41-13-5-2-6-14-41)45-31-23-38(24-32-45)49-52-46-15-9-33-51-50(46)55-49/h1-34H. The van der Waals surface area contributed by atoms with Crippen LogP contribution in [-0.2, 0) is 0 Å². The van der Waals surface area contributed by atoms with Crippen molar-refractivity contribution >= 4 is 66.8 Å². The number of oxazole rings is 1. The summed E-state index contributed by atoms with van der Waals surface area (Å²) in [5, 5.41) is 1.28. The smallest absolute Gasteiger partial charge is 0.247 e. The Bertz CT molecular complexity index is 2620. The Morgan fingerprint density at radius 3 is 1.39 bits per heavy atom. The average molecular weight is 739 g/mol. The van der Waals surface area contributed by atoms with Crippen molar-refractivity contribution in [2.45, 2.75) is 0 Å². The van der Waals surface area contributed by atoms with Gasteiger partial charge in [-0.3, -0.25) is 0 Å². The molecule has 0 spiro atoms. The number of pyridine rings is 1. The summed E-state index contributed by atoms with van der Waals surface area (Å²) < 4.78 is 7.24. The molecule has 0 amide bonds. The van der Waals surface area contributed by atoms with Crippen molar-refractivity contribution in [3.63, 3.8) is 0 Å². The van der Waals surface area contributed by atoms with E-state index >= 15 is 0 Å². The number of hydrogen-bond acceptors (Lipinski definition) is 6. The van der Waals surface area contributed by atoms with E-state index in [4.69, 9.17) is 4.42 Å². The van der Waals surface area contributed by atoms with Crippen LogP contribution in [0.5, 0.6) is 0 Å². The maximum atomic E-state index is 5.93. The quantitative estimate of drug-likeness (QED) is 0.148. The van der Waals surface area contributed by atoms with Crippen LogP contribution in [0, 0.1) is 0 Å². The molecule has 10 aromatic rings. The first-order valence-corrected chi connectivity index (χ1v) is 19.4. The molecule has 6 heteroatoms. The van der Waals surface area contributed by atoms with Gasteiger partial charge in [0.05, 0.1) is 0 Å². The lowest BCUT2D eigenvalue weighted by atomic mass is 10.0. The maximum absolute atomic E-state index is 5.93. The molecule has 0 aliphatic heterocycles. The Hall–Kier alpha value is -7.28. The second-order valence-electron chi connectivity index (χ2n) is 13.5. The molecular formula is C50H34N4OS. The van der Waals surface area contributed by atoms with E-state index in [1.54, 1.807) is 6.20 Å². The van der Waals surface area contributed by atoms with Crippen LogP contribution in [0.3, 0.4) is 0 Å². The number of anilines is 6. The lowest BCUT2D eigenvalue weighted by molar-refractivity contribution is 0.608. The fraction of sp³-hybridized carbons (Fsp3) is 0. The minimum atomic E-state index is 0.537. The third-order valence-corrected chi connectivity index (χ3v) is 11.2. The van der Waals surface area contributed by atoms with E-state index < -0.39 is 0 Å². The Morgan fingerprint density at radius 2 is 0.875 bits per heavy atom. The zero-order valence-electron chi connectivity index (χ0n) is 30.2. The summed E-state index contributed by atoms with van der Waals surface area (Å²) >= 11 is 1.83. The second-order valence-corrected chi connectivity index (χ2v) is 14.6. The van der Waals surface area contributed by atoms with Gasteiger partial charge in [0.2, 0.25) is 11.6 Å². The third-order valence-electron chi connectivity index (χ3n) is 9.99. The fourth-order valence-electron chi connectivity index (χ4n) is 7.20. The van der Waals surface area contributed by atoms with Gasteiger partial charge in [-0.15, -0.1) is 11.3 Å². The molecule has 0 atom stereocenters. The van der Waals surface area contributed by atoms with Gasteiger partial charge in [-0.1, -0.05) is 91.0 Å². The minimum absolute atomic E-state index is 0.537. The van der Waals surface area contributed by atoms with Gasteiger partial charge >= 0.3 is 0 Å². The highest BCUT2D eigenvalue weighted by Crippen LogP contribution is 2.40. The monoisotopic (exact) mass is 738 g/mol. The van der Waals surface area contributed by atoms with E-state index in [0.717, 1.165) is 56.3 Å². The van der Waals surface area contributed by atoms with Crippen molar-refractivity contribution in [3.8, 4) is 33.0 Å². The van der Waals surface area contributed by atoms with E-state index in [1.807, 2.05) is 41.7 Å². The summed E-state index contributed by atoms with van der Waals surface area (Å²) in [5.41, 5.74) is 12.2. The van der Waals surface area contributed by atoms with Crippen LogP contribution >= 0.6 is 11.3 Å². The SMILES string of the molecule is c1ccc(N(c2ccc(-c3ccc(N(c4ccccc4)c4ccc(-c5cc6ccccc6s5)cc4)cc3)cc2)c2ccc(-c3nc4cccnc4o3)cc2)cc1. The fourth-order valence-corrected chi connectivity index (χ4v) is 8.27. The summed E-state index contributed by atoms with van der Waals surface area (Å²) in [4.78, 5) is 14.8. The maximum Gasteiger partial charge on any atom is 0.247 e. The summed E-state index contributed by atoms with van der Waals surface area (Å²) in [5.74, 6) is 0.555. The molecule has 0 unspecified atom stereocenters. The van der Waals surface area contributed by atoms with Gasteiger partial charge in [-0.2, -0.15) is 0 Å². The number of thiophene rings is 1. The summed E-state index contributed by atoms with van der Waals surface area (Å²) in [6, 6.07) is 70.4. The van der Waals surface area contributed by atoms with Gasteiger partial charge in [0.1, 0.15) is 5.52 Å². The normalized spacial score (nSPS) is 11.2. The van der Waals surface area contributed by atoms with Crippen LogP contribution in [0.2, 0.25) is 0 Å². The zero-order valence-corrected chi connectivity index (χ0v) is 31.1. The highest BCUT2D eigenvalue weighted by molar-refractivity contribution is 7.22. The molecule has 0 saturated carbocycles. The largest absolute Gasteiger partial charge is 0.418 e. The summed E-state index contributed by atoms with van der Waals surface area (Å²) in [7, 11) is 0. The molecule has 0 aliphatic carbocycles. The van der Waals surface area contributed by atoms with Gasteiger partial charge in [0, 0.05) is 55.5 Å². The van der Waals surface area contributed by atoms with Crippen LogP contribution in [0.25, 0.3) is 54.3 Å². The Labute approximate surface area is 329 Å². The van der Waals surface area contributed by atoms with E-state index in [-0.39, 0.29) is 0 Å². The molecule has 3 heterocycles. The van der Waals surface area contributed by atoms with Crippen molar-refractivity contribution < 1.29 is 4.42 Å². The van der Waals surface area contributed by atoms with Crippen molar-refractivity contribution in [1.29, 1.82) is 0 Å². The Kier molecular flexibility index (Phi) is 8.63. The number of fused-ring (bicyclic) bond motifs is 2. The van der Waals surface area contributed by atoms with Crippen LogP contribution in [-0.4, -0.2) is 9.97 Å². The Balaban J connectivity index is 0.925. The molecule has 0 aliphatic rings. The second kappa shape index (κ2) is 14.5. The van der Waals surface area contributed by atoms with Crippen LogP contribution in [0.4, 0.5) is 34.1 Å². The first kappa shape index (κ1) is 33.3. The molecule has 10 rings (SSSR count). The lowest BCUT2D eigenvalue weighted by Gasteiger charge is -2.26. The van der Waals surface area contributed by atoms with Crippen LogP contribution in [0.15, 0.2) is 211 Å². The molecule has 0 fully saturated rings. The van der Waals surface area contributed by atoms with Gasteiger partial charge in [0.15, 0.2) is 0 Å². The summed E-state index contributed by atoms with van der Waals surface area (Å²) in [6.07, 6.45) is 1.71. The van der Waals surface area contributed by atoms with Crippen molar-refractivity contribution in [3.05, 3.63) is 206 Å². The molecule has 266 valence electrons. The van der Waals surface area contributed by atoms with Crippen molar-refractivity contribution in [1.82, 2.24) is 9.97 Å². The lowest BCUT2D eigenvalue weighted by Crippen LogP contribution is -2.10. The van der Waals surface area contributed by atoms with E-state index in [1.165, 1.54) is 20.5 Å². The van der Waals surface area contributed by atoms with Gasteiger partial charge < -0.3 is 14.2 Å². The Morgan fingerprint density at radius 1 is 0.411 bits per heavy atom. The number of hydrogen-bond donors (Lipinski definition) is 0. The first-order valence-electron chi connectivity index (χ1n) is 18.6. The average Bonchev–Trinajstić information content (AvgIpc) is 3.91. The number of para-hydroxylation sites is 2. The predicted octanol–water partition coefficient (Wildman–Crippen LogP) is 14.4. The molecule has 0 radical (unpaired) electrons. The van der Waals surface area contributed by atoms with E-state index in [0.29, 0.717) is 11.6 Å². The highest BCUT2D eigenvalue weighted by Gasteiger charge is 2.16. The number of rotatable bonds is 9. The zero-order chi connectivity index (χ0) is 37.3. The predicted molar refractivity (Wildman–Crippen MR) is 233 cm³/mol. The molecule has 3 aromatic heterocycles. The molecule has 5 nitrogen and oxygen atoms in total. The van der Waals surface area contributed by atoms with Crippen LogP contribution in [0.1, 0.15) is 0 Å². The minimum Gasteiger partial charge on any atom is -0.418 e. The number of benzene rings is 7. The van der Waals surface area contributed by atoms with Gasteiger partial charge in [-0.25, -0.2) is 9.97 Å². The van der Waals surface area contributed by atoms with Gasteiger partial charge in [0.25, 0.3) is 0 Å². The third kappa shape index (κ3) is 6.48. The highest BCUT2D eigenvalue weighted by atomic mass is 32.1. The van der Waals surface area contributed by atoms with Gasteiger partial charge in [-0.05, 0) is 131 Å². The van der Waals surface area contributed by atoms with E-state index in [9.17, 15) is 0 Å².